The monoisotopic (exact) mass is 215 g/mol. The molecule has 0 spiro atoms. The molecule has 0 aromatic heterocycles. The highest BCUT2D eigenvalue weighted by Gasteiger charge is 2.54. The number of ether oxygens (including phenoxy) is 1. The third-order valence-electron chi connectivity index (χ3n) is 3.97. The van der Waals surface area contributed by atoms with Crippen molar-refractivity contribution < 1.29 is 9.13 Å². The van der Waals surface area contributed by atoms with Crippen molar-refractivity contribution in [3.63, 3.8) is 0 Å². The number of halogens is 1. The molecule has 2 rings (SSSR count). The summed E-state index contributed by atoms with van der Waals surface area (Å²) in [6.07, 6.45) is 2.14. The Morgan fingerprint density at radius 2 is 2.27 bits per heavy atom. The van der Waals surface area contributed by atoms with Crippen molar-refractivity contribution >= 4 is 0 Å². The Labute approximate surface area is 91.8 Å². The predicted molar refractivity (Wildman–Crippen MR) is 58.7 cm³/mol. The summed E-state index contributed by atoms with van der Waals surface area (Å²) in [6.45, 7) is 6.19. The van der Waals surface area contributed by atoms with Crippen molar-refractivity contribution in [2.75, 3.05) is 20.2 Å². The maximum Gasteiger partial charge on any atom is 0.120 e. The van der Waals surface area contributed by atoms with Crippen molar-refractivity contribution in [3.8, 4) is 0 Å². The topological polar surface area (TPSA) is 12.5 Å². The van der Waals surface area contributed by atoms with Crippen LogP contribution in [0.25, 0.3) is 0 Å². The van der Waals surface area contributed by atoms with E-state index in [1.807, 2.05) is 0 Å². The molecule has 0 aliphatic carbocycles. The average molecular weight is 215 g/mol. The largest absolute Gasteiger partial charge is 0.380 e. The van der Waals surface area contributed by atoms with Crippen LogP contribution in [-0.2, 0) is 4.74 Å². The summed E-state index contributed by atoms with van der Waals surface area (Å²) in [6, 6.07) is 0. The SMILES string of the molecule is CO[C@H]1CN2CC[C@@H](F)[C@@]2(CC(C)C)C1. The lowest BCUT2D eigenvalue weighted by molar-refractivity contribution is 0.0840. The van der Waals surface area contributed by atoms with Crippen LogP contribution in [0.2, 0.25) is 0 Å². The van der Waals surface area contributed by atoms with Gasteiger partial charge in [-0.15, -0.1) is 0 Å². The lowest BCUT2D eigenvalue weighted by Crippen LogP contribution is -2.45. The molecule has 0 radical (unpaired) electrons. The van der Waals surface area contributed by atoms with Crippen LogP contribution < -0.4 is 0 Å². The molecule has 3 atom stereocenters. The van der Waals surface area contributed by atoms with Gasteiger partial charge in [0.05, 0.1) is 11.6 Å². The minimum absolute atomic E-state index is 0.200. The van der Waals surface area contributed by atoms with Crippen molar-refractivity contribution in [3.05, 3.63) is 0 Å². The molecular weight excluding hydrogens is 193 g/mol. The van der Waals surface area contributed by atoms with Crippen molar-refractivity contribution in [1.82, 2.24) is 4.90 Å². The van der Waals surface area contributed by atoms with Gasteiger partial charge in [0.2, 0.25) is 0 Å². The number of methoxy groups -OCH3 is 1. The van der Waals surface area contributed by atoms with E-state index in [0.29, 0.717) is 12.3 Å². The molecular formula is C12H22FNO. The van der Waals surface area contributed by atoms with Gasteiger partial charge in [0.25, 0.3) is 0 Å². The predicted octanol–water partition coefficient (Wildman–Crippen LogP) is 2.23. The third-order valence-corrected chi connectivity index (χ3v) is 3.97. The molecule has 0 saturated carbocycles. The van der Waals surface area contributed by atoms with E-state index in [2.05, 4.69) is 18.7 Å². The van der Waals surface area contributed by atoms with E-state index in [-0.39, 0.29) is 11.6 Å². The molecule has 0 aromatic rings. The van der Waals surface area contributed by atoms with E-state index in [1.54, 1.807) is 7.11 Å². The summed E-state index contributed by atoms with van der Waals surface area (Å²) in [4.78, 5) is 2.33. The van der Waals surface area contributed by atoms with Gasteiger partial charge < -0.3 is 4.74 Å². The van der Waals surface area contributed by atoms with E-state index in [1.165, 1.54) is 0 Å². The minimum atomic E-state index is -0.653. The smallest absolute Gasteiger partial charge is 0.120 e. The van der Waals surface area contributed by atoms with Crippen LogP contribution in [0.3, 0.4) is 0 Å². The maximum absolute atomic E-state index is 14.1. The van der Waals surface area contributed by atoms with Gasteiger partial charge in [0, 0.05) is 20.2 Å². The Morgan fingerprint density at radius 1 is 1.53 bits per heavy atom. The van der Waals surface area contributed by atoms with Crippen LogP contribution in [-0.4, -0.2) is 42.9 Å². The molecule has 2 heterocycles. The molecule has 2 nitrogen and oxygen atoms in total. The first-order valence-corrected chi connectivity index (χ1v) is 6.00. The second-order valence-corrected chi connectivity index (χ2v) is 5.47. The zero-order chi connectivity index (χ0) is 11.1. The summed E-state index contributed by atoms with van der Waals surface area (Å²) < 4.78 is 19.5. The molecule has 0 unspecified atom stereocenters. The van der Waals surface area contributed by atoms with Crippen LogP contribution in [0.1, 0.15) is 33.1 Å². The minimum Gasteiger partial charge on any atom is -0.380 e. The number of alkyl halides is 1. The van der Waals surface area contributed by atoms with Gasteiger partial charge in [-0.05, 0) is 25.2 Å². The second kappa shape index (κ2) is 4.02. The molecule has 0 N–H and O–H groups in total. The van der Waals surface area contributed by atoms with Gasteiger partial charge in [0.15, 0.2) is 0 Å². The summed E-state index contributed by atoms with van der Waals surface area (Å²) >= 11 is 0. The summed E-state index contributed by atoms with van der Waals surface area (Å²) in [7, 11) is 1.74. The quantitative estimate of drug-likeness (QED) is 0.716. The van der Waals surface area contributed by atoms with Gasteiger partial charge in [-0.3, -0.25) is 4.90 Å². The molecule has 0 aromatic carbocycles. The number of rotatable bonds is 3. The van der Waals surface area contributed by atoms with E-state index in [9.17, 15) is 4.39 Å². The van der Waals surface area contributed by atoms with Crippen LogP contribution in [0.15, 0.2) is 0 Å². The molecule has 15 heavy (non-hydrogen) atoms. The molecule has 0 bridgehead atoms. The standard InChI is InChI=1S/C12H22FNO/c1-9(2)6-12-7-10(15-3)8-14(12)5-4-11(12)13/h9-11H,4-8H2,1-3H3/t10-,11-,12-/m1/s1. The van der Waals surface area contributed by atoms with E-state index in [0.717, 1.165) is 25.9 Å². The normalized spacial score (nSPS) is 41.4. The molecule has 3 heteroatoms. The second-order valence-electron chi connectivity index (χ2n) is 5.47. The van der Waals surface area contributed by atoms with Gasteiger partial charge in [-0.25, -0.2) is 4.39 Å². The van der Waals surface area contributed by atoms with Crippen molar-refractivity contribution in [2.24, 2.45) is 5.92 Å². The van der Waals surface area contributed by atoms with E-state index < -0.39 is 6.17 Å². The van der Waals surface area contributed by atoms with Gasteiger partial charge in [-0.1, -0.05) is 13.8 Å². The Hall–Kier alpha value is -0.150. The number of hydrogen-bond donors (Lipinski definition) is 0. The fraction of sp³-hybridized carbons (Fsp3) is 1.00. The first-order valence-electron chi connectivity index (χ1n) is 6.00. The summed E-state index contributed by atoms with van der Waals surface area (Å²) in [5.74, 6) is 0.555. The van der Waals surface area contributed by atoms with Crippen molar-refractivity contribution in [1.29, 1.82) is 0 Å². The van der Waals surface area contributed by atoms with Crippen LogP contribution >= 0.6 is 0 Å². The zero-order valence-corrected chi connectivity index (χ0v) is 10.0. The molecule has 2 aliphatic rings. The number of nitrogens with zero attached hydrogens (tertiary/aromatic N) is 1. The highest BCUT2D eigenvalue weighted by molar-refractivity contribution is 5.09. The molecule has 2 aliphatic heterocycles. The Morgan fingerprint density at radius 3 is 2.87 bits per heavy atom. The number of hydrogen-bond acceptors (Lipinski definition) is 2. The van der Waals surface area contributed by atoms with Gasteiger partial charge >= 0.3 is 0 Å². The Bertz CT molecular complexity index is 234. The maximum atomic E-state index is 14.1. The average Bonchev–Trinajstić information content (AvgIpc) is 2.64. The summed E-state index contributed by atoms with van der Waals surface area (Å²) in [5, 5.41) is 0. The lowest BCUT2D eigenvalue weighted by Gasteiger charge is -2.35. The molecule has 2 saturated heterocycles. The van der Waals surface area contributed by atoms with Gasteiger partial charge in [0.1, 0.15) is 6.17 Å². The highest BCUT2D eigenvalue weighted by Crippen LogP contribution is 2.45. The van der Waals surface area contributed by atoms with E-state index >= 15 is 0 Å². The van der Waals surface area contributed by atoms with Crippen LogP contribution in [0.5, 0.6) is 0 Å². The summed E-state index contributed by atoms with van der Waals surface area (Å²) in [5.41, 5.74) is -0.200. The first kappa shape index (κ1) is 11.3. The molecule has 88 valence electrons. The third kappa shape index (κ3) is 1.80. The fourth-order valence-electron chi connectivity index (χ4n) is 3.40. The van der Waals surface area contributed by atoms with Crippen LogP contribution in [0.4, 0.5) is 4.39 Å². The Kier molecular flexibility index (Phi) is 3.04. The highest BCUT2D eigenvalue weighted by atomic mass is 19.1. The van der Waals surface area contributed by atoms with Gasteiger partial charge in [-0.2, -0.15) is 0 Å². The zero-order valence-electron chi connectivity index (χ0n) is 10.0. The van der Waals surface area contributed by atoms with Crippen molar-refractivity contribution in [2.45, 2.75) is 50.9 Å². The number of fused-ring (bicyclic) bond motifs is 1. The lowest BCUT2D eigenvalue weighted by atomic mass is 9.83. The van der Waals surface area contributed by atoms with E-state index in [4.69, 9.17) is 4.74 Å². The fourth-order valence-corrected chi connectivity index (χ4v) is 3.40. The Balaban J connectivity index is 2.15. The van der Waals surface area contributed by atoms with Crippen LogP contribution in [0, 0.1) is 5.92 Å². The first-order chi connectivity index (χ1) is 7.08. The molecule has 0 amide bonds. The molecule has 2 fully saturated rings.